The normalized spacial score (nSPS) is 13.6. The van der Waals surface area contributed by atoms with E-state index in [1.807, 2.05) is 32.0 Å². The first kappa shape index (κ1) is 16.5. The van der Waals surface area contributed by atoms with E-state index in [9.17, 15) is 9.18 Å². The number of aryl methyl sites for hydroxylation is 2. The molecule has 0 unspecified atom stereocenters. The molecule has 0 aliphatic heterocycles. The van der Waals surface area contributed by atoms with Crippen LogP contribution in [0.15, 0.2) is 42.5 Å². The summed E-state index contributed by atoms with van der Waals surface area (Å²) in [5.74, 6) is 0.391. The Labute approximate surface area is 142 Å². The number of para-hydroxylation sites is 1. The monoisotopic (exact) mass is 327 g/mol. The van der Waals surface area contributed by atoms with Crippen LogP contribution in [0.5, 0.6) is 5.75 Å². The summed E-state index contributed by atoms with van der Waals surface area (Å²) in [4.78, 5) is 14.4. The van der Waals surface area contributed by atoms with Gasteiger partial charge in [0.25, 0.3) is 5.91 Å². The summed E-state index contributed by atoms with van der Waals surface area (Å²) in [5, 5.41) is 0. The van der Waals surface area contributed by atoms with Crippen molar-refractivity contribution < 1.29 is 13.9 Å². The van der Waals surface area contributed by atoms with Gasteiger partial charge in [-0.15, -0.1) is 0 Å². The zero-order valence-electron chi connectivity index (χ0n) is 14.1. The third kappa shape index (κ3) is 3.75. The van der Waals surface area contributed by atoms with Gasteiger partial charge in [0.1, 0.15) is 11.6 Å². The number of ether oxygens (including phenoxy) is 1. The number of rotatable bonds is 6. The molecule has 24 heavy (non-hydrogen) atoms. The van der Waals surface area contributed by atoms with Crippen molar-refractivity contribution in [2.24, 2.45) is 0 Å². The maximum Gasteiger partial charge on any atom is 0.261 e. The minimum absolute atomic E-state index is 0.0172. The maximum absolute atomic E-state index is 13.9. The molecule has 0 atom stereocenters. The smallest absolute Gasteiger partial charge is 0.261 e. The minimum atomic E-state index is -0.272. The Bertz CT molecular complexity index is 720. The van der Waals surface area contributed by atoms with Gasteiger partial charge in [0.05, 0.1) is 0 Å². The van der Waals surface area contributed by atoms with Crippen LogP contribution in [0.4, 0.5) is 4.39 Å². The van der Waals surface area contributed by atoms with Crippen molar-refractivity contribution in [1.82, 2.24) is 4.90 Å². The van der Waals surface area contributed by atoms with Crippen molar-refractivity contribution in [1.29, 1.82) is 0 Å². The highest BCUT2D eigenvalue weighted by atomic mass is 19.1. The molecule has 1 amide bonds. The summed E-state index contributed by atoms with van der Waals surface area (Å²) >= 11 is 0. The Kier molecular flexibility index (Phi) is 4.84. The summed E-state index contributed by atoms with van der Waals surface area (Å²) < 4.78 is 19.7. The zero-order chi connectivity index (χ0) is 17.1. The number of hydrogen-bond acceptors (Lipinski definition) is 2. The molecule has 0 N–H and O–H groups in total. The number of hydrogen-bond donors (Lipinski definition) is 0. The standard InChI is InChI=1S/C20H22FNO2/c1-14-6-5-7-15(2)20(14)24-13-19(23)22(17-10-11-17)12-16-8-3-4-9-18(16)21/h3-9,17H,10-13H2,1-2H3. The topological polar surface area (TPSA) is 29.5 Å². The SMILES string of the molecule is Cc1cccc(C)c1OCC(=O)N(Cc1ccccc1F)C1CC1. The van der Waals surface area contributed by atoms with Crippen molar-refractivity contribution in [2.75, 3.05) is 6.61 Å². The lowest BCUT2D eigenvalue weighted by Crippen LogP contribution is -2.36. The highest BCUT2D eigenvalue weighted by Gasteiger charge is 2.33. The first-order valence-electron chi connectivity index (χ1n) is 8.28. The van der Waals surface area contributed by atoms with Gasteiger partial charge < -0.3 is 9.64 Å². The van der Waals surface area contributed by atoms with Gasteiger partial charge in [-0.2, -0.15) is 0 Å². The highest BCUT2D eigenvalue weighted by molar-refractivity contribution is 5.78. The van der Waals surface area contributed by atoms with E-state index in [1.54, 1.807) is 23.1 Å². The van der Waals surface area contributed by atoms with E-state index in [0.717, 1.165) is 29.7 Å². The van der Waals surface area contributed by atoms with Crippen LogP contribution in [0, 0.1) is 19.7 Å². The third-order valence-electron chi connectivity index (χ3n) is 4.36. The van der Waals surface area contributed by atoms with Crippen LogP contribution in [-0.2, 0) is 11.3 Å². The number of halogens is 1. The molecule has 4 heteroatoms. The van der Waals surface area contributed by atoms with Crippen molar-refractivity contribution in [2.45, 2.75) is 39.3 Å². The lowest BCUT2D eigenvalue weighted by Gasteiger charge is -2.23. The molecule has 0 spiro atoms. The van der Waals surface area contributed by atoms with Crippen molar-refractivity contribution >= 4 is 5.91 Å². The van der Waals surface area contributed by atoms with E-state index in [1.165, 1.54) is 6.07 Å². The quantitative estimate of drug-likeness (QED) is 0.802. The second kappa shape index (κ2) is 7.04. The minimum Gasteiger partial charge on any atom is -0.483 e. The molecule has 1 fully saturated rings. The maximum atomic E-state index is 13.9. The van der Waals surface area contributed by atoms with Crippen LogP contribution in [-0.4, -0.2) is 23.5 Å². The average Bonchev–Trinajstić information content (AvgIpc) is 3.38. The molecule has 1 aliphatic carbocycles. The molecule has 0 aromatic heterocycles. The molecular formula is C20H22FNO2. The first-order valence-corrected chi connectivity index (χ1v) is 8.28. The summed E-state index contributed by atoms with van der Waals surface area (Å²) in [7, 11) is 0. The molecule has 1 aliphatic rings. The zero-order valence-corrected chi connectivity index (χ0v) is 14.1. The average molecular weight is 327 g/mol. The Morgan fingerprint density at radius 1 is 1.12 bits per heavy atom. The van der Waals surface area contributed by atoms with Gasteiger partial charge >= 0.3 is 0 Å². The molecule has 1 saturated carbocycles. The highest BCUT2D eigenvalue weighted by Crippen LogP contribution is 2.29. The van der Waals surface area contributed by atoms with Crippen LogP contribution in [0.3, 0.4) is 0 Å². The Hall–Kier alpha value is -2.36. The predicted octanol–water partition coefficient (Wildman–Crippen LogP) is 4.01. The molecule has 2 aromatic rings. The largest absolute Gasteiger partial charge is 0.483 e. The van der Waals surface area contributed by atoms with Gasteiger partial charge in [0, 0.05) is 18.2 Å². The predicted molar refractivity (Wildman–Crippen MR) is 91.4 cm³/mol. The Morgan fingerprint density at radius 2 is 1.79 bits per heavy atom. The molecular weight excluding hydrogens is 305 g/mol. The number of nitrogens with zero attached hydrogens (tertiary/aromatic N) is 1. The second-order valence-corrected chi connectivity index (χ2v) is 6.35. The Balaban J connectivity index is 1.68. The fourth-order valence-electron chi connectivity index (χ4n) is 2.86. The molecule has 2 aromatic carbocycles. The fraction of sp³-hybridized carbons (Fsp3) is 0.350. The molecule has 126 valence electrons. The van der Waals surface area contributed by atoms with Gasteiger partial charge in [0.2, 0.25) is 0 Å². The third-order valence-corrected chi connectivity index (χ3v) is 4.36. The molecule has 3 rings (SSSR count). The van der Waals surface area contributed by atoms with E-state index >= 15 is 0 Å². The summed E-state index contributed by atoms with van der Waals surface area (Å²) in [6.07, 6.45) is 1.95. The van der Waals surface area contributed by atoms with E-state index in [-0.39, 0.29) is 24.4 Å². The van der Waals surface area contributed by atoms with Crippen LogP contribution < -0.4 is 4.74 Å². The molecule has 0 bridgehead atoms. The number of amides is 1. The summed E-state index contributed by atoms with van der Waals surface area (Å²) in [5.41, 5.74) is 2.56. The van der Waals surface area contributed by atoms with Gasteiger partial charge in [0.15, 0.2) is 6.61 Å². The van der Waals surface area contributed by atoms with E-state index in [0.29, 0.717) is 12.1 Å². The van der Waals surface area contributed by atoms with Gasteiger partial charge in [-0.1, -0.05) is 36.4 Å². The van der Waals surface area contributed by atoms with E-state index in [2.05, 4.69) is 0 Å². The number of benzene rings is 2. The number of carbonyl (C=O) groups excluding carboxylic acids is 1. The summed E-state index contributed by atoms with van der Waals surface area (Å²) in [6, 6.07) is 12.7. The lowest BCUT2D eigenvalue weighted by atomic mass is 10.1. The van der Waals surface area contributed by atoms with Crippen molar-refractivity contribution in [3.8, 4) is 5.75 Å². The van der Waals surface area contributed by atoms with Crippen molar-refractivity contribution in [3.05, 3.63) is 65.0 Å². The lowest BCUT2D eigenvalue weighted by molar-refractivity contribution is -0.134. The molecule has 0 radical (unpaired) electrons. The van der Waals surface area contributed by atoms with Crippen LogP contribution >= 0.6 is 0 Å². The van der Waals surface area contributed by atoms with Gasteiger partial charge in [-0.05, 0) is 43.9 Å². The molecule has 0 saturated heterocycles. The van der Waals surface area contributed by atoms with Crippen LogP contribution in [0.2, 0.25) is 0 Å². The van der Waals surface area contributed by atoms with Gasteiger partial charge in [-0.3, -0.25) is 4.79 Å². The van der Waals surface area contributed by atoms with E-state index in [4.69, 9.17) is 4.74 Å². The van der Waals surface area contributed by atoms with E-state index < -0.39 is 0 Å². The van der Waals surface area contributed by atoms with Crippen LogP contribution in [0.25, 0.3) is 0 Å². The molecule has 3 nitrogen and oxygen atoms in total. The fourth-order valence-corrected chi connectivity index (χ4v) is 2.86. The number of carbonyl (C=O) groups is 1. The first-order chi connectivity index (χ1) is 11.6. The van der Waals surface area contributed by atoms with Crippen molar-refractivity contribution in [3.63, 3.8) is 0 Å². The van der Waals surface area contributed by atoms with Crippen LogP contribution in [0.1, 0.15) is 29.5 Å². The van der Waals surface area contributed by atoms with Gasteiger partial charge in [-0.25, -0.2) is 4.39 Å². The Morgan fingerprint density at radius 3 is 2.42 bits per heavy atom. The summed E-state index contributed by atoms with van der Waals surface area (Å²) in [6.45, 7) is 4.21. The second-order valence-electron chi connectivity index (χ2n) is 6.35. The molecule has 0 heterocycles.